The van der Waals surface area contributed by atoms with Crippen LogP contribution in [0.4, 0.5) is 5.69 Å². The van der Waals surface area contributed by atoms with E-state index in [9.17, 15) is 9.59 Å². The number of hydrogen-bond acceptors (Lipinski definition) is 6. The highest BCUT2D eigenvalue weighted by atomic mass is 32.1. The normalized spacial score (nSPS) is 16.1. The lowest BCUT2D eigenvalue weighted by Gasteiger charge is -2.19. The summed E-state index contributed by atoms with van der Waals surface area (Å²) in [7, 11) is 1.65. The van der Waals surface area contributed by atoms with Gasteiger partial charge in [0.25, 0.3) is 11.8 Å². The average Bonchev–Trinajstić information content (AvgIpc) is 3.48. The van der Waals surface area contributed by atoms with Gasteiger partial charge in [-0.05, 0) is 61.6 Å². The van der Waals surface area contributed by atoms with Crippen molar-refractivity contribution in [1.82, 2.24) is 10.4 Å². The molecule has 1 aromatic heterocycles. The molecule has 2 aromatic carbocycles. The van der Waals surface area contributed by atoms with Gasteiger partial charge in [-0.1, -0.05) is 36.8 Å². The number of likely N-dealkylation sites (N-methyl/N-ethyl adjacent to an activating group) is 1. The molecule has 1 aliphatic heterocycles. The van der Waals surface area contributed by atoms with Crippen LogP contribution in [0.2, 0.25) is 0 Å². The third-order valence-electron chi connectivity index (χ3n) is 5.71. The molecule has 9 heteroatoms. The van der Waals surface area contributed by atoms with E-state index in [1.54, 1.807) is 42.6 Å². The van der Waals surface area contributed by atoms with E-state index < -0.39 is 6.10 Å². The molecule has 1 atom stereocenters. The van der Waals surface area contributed by atoms with Crippen molar-refractivity contribution in [2.75, 3.05) is 19.1 Å². The van der Waals surface area contributed by atoms with Crippen molar-refractivity contribution in [3.63, 3.8) is 0 Å². The molecule has 1 fully saturated rings. The maximum atomic E-state index is 12.9. The fraction of sp³-hybridized carbons (Fsp3) is 0.250. The molecule has 2 amide bonds. The average molecular weight is 519 g/mol. The summed E-state index contributed by atoms with van der Waals surface area (Å²) in [6, 6.07) is 16.8. The molecule has 1 unspecified atom stereocenters. The number of nitrogens with one attached hydrogen (secondary N) is 2. The Labute approximate surface area is 220 Å². The van der Waals surface area contributed by atoms with Gasteiger partial charge < -0.3 is 14.8 Å². The van der Waals surface area contributed by atoms with E-state index in [-0.39, 0.29) is 18.5 Å². The predicted molar refractivity (Wildman–Crippen MR) is 147 cm³/mol. The molecular formula is C28H30N4O4S. The molecule has 0 bridgehead atoms. The topological polar surface area (TPSA) is 92.3 Å². The largest absolute Gasteiger partial charge is 0.480 e. The number of rotatable bonds is 9. The smallest absolute Gasteiger partial charge is 0.275 e. The number of aliphatic imine (C=N–C) groups is 1. The lowest BCUT2D eigenvalue weighted by Crippen LogP contribution is -2.32. The third kappa shape index (κ3) is 6.56. The first kappa shape index (κ1) is 26.0. The van der Waals surface area contributed by atoms with Crippen LogP contribution >= 0.6 is 11.3 Å². The molecule has 192 valence electrons. The van der Waals surface area contributed by atoms with Crippen molar-refractivity contribution in [3.8, 4) is 11.5 Å². The summed E-state index contributed by atoms with van der Waals surface area (Å²) in [6.07, 6.45) is 1.70. The van der Waals surface area contributed by atoms with Gasteiger partial charge in [-0.2, -0.15) is 0 Å². The van der Waals surface area contributed by atoms with Gasteiger partial charge in [-0.25, -0.2) is 4.99 Å². The molecular weight excluding hydrogens is 488 g/mol. The number of hydrazine groups is 1. The first-order chi connectivity index (χ1) is 17.8. The van der Waals surface area contributed by atoms with Crippen LogP contribution < -0.4 is 20.2 Å². The zero-order valence-corrected chi connectivity index (χ0v) is 22.1. The highest BCUT2D eigenvalue weighted by molar-refractivity contribution is 7.10. The van der Waals surface area contributed by atoms with Crippen LogP contribution in [0.5, 0.6) is 11.5 Å². The quantitative estimate of drug-likeness (QED) is 0.391. The van der Waals surface area contributed by atoms with Crippen molar-refractivity contribution in [2.45, 2.75) is 33.3 Å². The number of thiophene rings is 1. The van der Waals surface area contributed by atoms with Crippen LogP contribution in [0, 0.1) is 13.8 Å². The second-order valence-electron chi connectivity index (χ2n) is 8.63. The van der Waals surface area contributed by atoms with Crippen LogP contribution in [-0.4, -0.2) is 42.5 Å². The molecule has 37 heavy (non-hydrogen) atoms. The zero-order chi connectivity index (χ0) is 26.4. The summed E-state index contributed by atoms with van der Waals surface area (Å²) in [5.74, 6) is 1.28. The predicted octanol–water partition coefficient (Wildman–Crippen LogP) is 4.96. The molecule has 3 aromatic rings. The lowest BCUT2D eigenvalue weighted by atomic mass is 10.1. The summed E-state index contributed by atoms with van der Waals surface area (Å²) in [5.41, 5.74) is 6.15. The third-order valence-corrected chi connectivity index (χ3v) is 6.53. The van der Waals surface area contributed by atoms with E-state index in [1.165, 1.54) is 5.01 Å². The van der Waals surface area contributed by atoms with E-state index in [1.807, 2.05) is 62.6 Å². The summed E-state index contributed by atoms with van der Waals surface area (Å²) >= 11 is 1.54. The number of amides is 2. The SMILES string of the molecule is CCC(Oc1ccc(C)cc1C)C(=O)Nc1cccc(OC/N=C2\NN(C)C(=O)\C2=C/c2cccs2)c1. The Balaban J connectivity index is 1.38. The van der Waals surface area contributed by atoms with Crippen molar-refractivity contribution in [2.24, 2.45) is 4.99 Å². The number of benzene rings is 2. The van der Waals surface area contributed by atoms with Crippen LogP contribution in [0.1, 0.15) is 29.3 Å². The van der Waals surface area contributed by atoms with E-state index in [0.717, 1.165) is 16.0 Å². The lowest BCUT2D eigenvalue weighted by molar-refractivity contribution is -0.125. The Morgan fingerprint density at radius 3 is 2.76 bits per heavy atom. The summed E-state index contributed by atoms with van der Waals surface area (Å²) < 4.78 is 11.8. The minimum absolute atomic E-state index is 0.00394. The monoisotopic (exact) mass is 518 g/mol. The second kappa shape index (κ2) is 11.7. The molecule has 8 nitrogen and oxygen atoms in total. The van der Waals surface area contributed by atoms with Gasteiger partial charge in [-0.15, -0.1) is 11.3 Å². The highest BCUT2D eigenvalue weighted by Crippen LogP contribution is 2.23. The van der Waals surface area contributed by atoms with Crippen molar-refractivity contribution < 1.29 is 19.1 Å². The molecule has 0 radical (unpaired) electrons. The number of carbonyl (C=O) groups is 2. The Bertz CT molecular complexity index is 1330. The highest BCUT2D eigenvalue weighted by Gasteiger charge is 2.29. The summed E-state index contributed by atoms with van der Waals surface area (Å²) in [6.45, 7) is 5.89. The van der Waals surface area contributed by atoms with Crippen molar-refractivity contribution in [3.05, 3.63) is 81.6 Å². The van der Waals surface area contributed by atoms with Crippen molar-refractivity contribution in [1.29, 1.82) is 0 Å². The van der Waals surface area contributed by atoms with Gasteiger partial charge in [0.2, 0.25) is 0 Å². The Kier molecular flexibility index (Phi) is 8.25. The Morgan fingerprint density at radius 1 is 1.19 bits per heavy atom. The zero-order valence-electron chi connectivity index (χ0n) is 21.3. The number of aryl methyl sites for hydroxylation is 2. The molecule has 2 heterocycles. The second-order valence-corrected chi connectivity index (χ2v) is 9.61. The van der Waals surface area contributed by atoms with Crippen LogP contribution in [0.15, 0.2) is 70.5 Å². The first-order valence-corrected chi connectivity index (χ1v) is 12.8. The van der Waals surface area contributed by atoms with Crippen LogP contribution in [-0.2, 0) is 9.59 Å². The fourth-order valence-corrected chi connectivity index (χ4v) is 4.44. The Hall–Kier alpha value is -4.11. The first-order valence-electron chi connectivity index (χ1n) is 12.0. The number of ether oxygens (including phenoxy) is 2. The summed E-state index contributed by atoms with van der Waals surface area (Å²) in [4.78, 5) is 30.8. The number of amidine groups is 1. The fourth-order valence-electron chi connectivity index (χ4n) is 3.78. The van der Waals surface area contributed by atoms with Crippen LogP contribution in [0.3, 0.4) is 0 Å². The van der Waals surface area contributed by atoms with Crippen LogP contribution in [0.25, 0.3) is 6.08 Å². The molecule has 0 saturated carbocycles. The summed E-state index contributed by atoms with van der Waals surface area (Å²) in [5, 5.41) is 6.25. The molecule has 1 saturated heterocycles. The van der Waals surface area contributed by atoms with Gasteiger partial charge in [-0.3, -0.25) is 20.0 Å². The molecule has 0 spiro atoms. The van der Waals surface area contributed by atoms with Gasteiger partial charge in [0.15, 0.2) is 18.7 Å². The molecule has 4 rings (SSSR count). The molecule has 0 aliphatic carbocycles. The minimum atomic E-state index is -0.631. The van der Waals surface area contributed by atoms with E-state index >= 15 is 0 Å². The van der Waals surface area contributed by atoms with Gasteiger partial charge >= 0.3 is 0 Å². The van der Waals surface area contributed by atoms with Crippen molar-refractivity contribution >= 4 is 40.8 Å². The van der Waals surface area contributed by atoms with E-state index in [2.05, 4.69) is 15.7 Å². The number of anilines is 1. The Morgan fingerprint density at radius 2 is 2.03 bits per heavy atom. The van der Waals surface area contributed by atoms with E-state index in [4.69, 9.17) is 9.47 Å². The minimum Gasteiger partial charge on any atom is -0.480 e. The van der Waals surface area contributed by atoms with Gasteiger partial charge in [0.05, 0.1) is 5.57 Å². The number of nitrogens with zero attached hydrogens (tertiary/aromatic N) is 2. The van der Waals surface area contributed by atoms with Gasteiger partial charge in [0, 0.05) is 23.7 Å². The van der Waals surface area contributed by atoms with Gasteiger partial charge in [0.1, 0.15) is 11.5 Å². The molecule has 1 aliphatic rings. The maximum absolute atomic E-state index is 12.9. The molecule has 2 N–H and O–H groups in total. The van der Waals surface area contributed by atoms with E-state index in [0.29, 0.717) is 35.0 Å². The maximum Gasteiger partial charge on any atom is 0.275 e. The number of carbonyl (C=O) groups excluding carboxylic acids is 2. The standard InChI is InChI=1S/C28H30N4O4S/c1-5-24(36-25-12-11-18(2)14-19(25)3)27(33)30-20-8-6-9-21(15-20)35-17-29-26-23(28(34)32(4)31-26)16-22-10-7-13-37-22/h6-16,24H,5,17H2,1-4H3,(H,29,31)(H,30,33)/b23-16-. The number of hydrogen-bond donors (Lipinski definition) is 2.